The number of nitrogens with one attached hydrogen (secondary N) is 1. The third-order valence-corrected chi connectivity index (χ3v) is 5.07. The number of likely N-dealkylation sites (tertiary alicyclic amines) is 1. The molecule has 1 N–H and O–H groups in total. The standard InChI is InChI=1S/C19H26N2O2/c1-4-14-7-5-6-10-21(14)19(22)12-16-13(2)20-18-9-8-15(23-3)11-17(16)18/h8-9,11,14,20H,4-7,10,12H2,1-3H3. The summed E-state index contributed by atoms with van der Waals surface area (Å²) in [5, 5.41) is 1.10. The molecule has 1 amide bonds. The van der Waals surface area contributed by atoms with Gasteiger partial charge >= 0.3 is 0 Å². The quantitative estimate of drug-likeness (QED) is 0.932. The van der Waals surface area contributed by atoms with Gasteiger partial charge in [-0.15, -0.1) is 0 Å². The highest BCUT2D eigenvalue weighted by Crippen LogP contribution is 2.28. The molecule has 0 spiro atoms. The van der Waals surface area contributed by atoms with Crippen LogP contribution >= 0.6 is 0 Å². The molecule has 2 aromatic rings. The third-order valence-electron chi connectivity index (χ3n) is 5.07. The molecular weight excluding hydrogens is 288 g/mol. The first-order chi connectivity index (χ1) is 11.1. The van der Waals surface area contributed by atoms with Crippen molar-refractivity contribution in [1.29, 1.82) is 0 Å². The smallest absolute Gasteiger partial charge is 0.227 e. The van der Waals surface area contributed by atoms with E-state index in [1.807, 2.05) is 25.1 Å². The Labute approximate surface area is 137 Å². The van der Waals surface area contributed by atoms with Gasteiger partial charge in [0.2, 0.25) is 5.91 Å². The van der Waals surface area contributed by atoms with E-state index >= 15 is 0 Å². The first-order valence-electron chi connectivity index (χ1n) is 8.58. The molecule has 2 heterocycles. The van der Waals surface area contributed by atoms with Crippen molar-refractivity contribution in [2.24, 2.45) is 0 Å². The summed E-state index contributed by atoms with van der Waals surface area (Å²) >= 11 is 0. The van der Waals surface area contributed by atoms with E-state index in [1.54, 1.807) is 7.11 Å². The van der Waals surface area contributed by atoms with Crippen molar-refractivity contribution >= 4 is 16.8 Å². The molecule has 1 aromatic carbocycles. The minimum absolute atomic E-state index is 0.253. The molecule has 1 unspecified atom stereocenters. The lowest BCUT2D eigenvalue weighted by molar-refractivity contribution is -0.134. The average Bonchev–Trinajstić information content (AvgIpc) is 2.89. The summed E-state index contributed by atoms with van der Waals surface area (Å²) < 4.78 is 5.33. The largest absolute Gasteiger partial charge is 0.497 e. The molecule has 23 heavy (non-hydrogen) atoms. The van der Waals surface area contributed by atoms with Crippen LogP contribution in [-0.2, 0) is 11.2 Å². The molecule has 124 valence electrons. The van der Waals surface area contributed by atoms with Crippen LogP contribution in [0.4, 0.5) is 0 Å². The number of H-pyrrole nitrogens is 1. The summed E-state index contributed by atoms with van der Waals surface area (Å²) in [6.07, 6.45) is 5.03. The lowest BCUT2D eigenvalue weighted by Crippen LogP contribution is -2.44. The molecule has 1 fully saturated rings. The Kier molecular flexibility index (Phi) is 4.60. The van der Waals surface area contributed by atoms with Crippen LogP contribution in [0.3, 0.4) is 0 Å². The number of fused-ring (bicyclic) bond motifs is 1. The average molecular weight is 314 g/mol. The van der Waals surface area contributed by atoms with Crippen molar-refractivity contribution in [3.63, 3.8) is 0 Å². The van der Waals surface area contributed by atoms with E-state index in [4.69, 9.17) is 4.74 Å². The zero-order valence-corrected chi connectivity index (χ0v) is 14.3. The molecule has 0 aliphatic carbocycles. The van der Waals surface area contributed by atoms with Crippen LogP contribution in [0.5, 0.6) is 5.75 Å². The van der Waals surface area contributed by atoms with E-state index in [2.05, 4.69) is 16.8 Å². The Bertz CT molecular complexity index is 705. The molecule has 0 saturated carbocycles. The second kappa shape index (κ2) is 6.65. The molecule has 1 aliphatic rings. The summed E-state index contributed by atoms with van der Waals surface area (Å²) in [4.78, 5) is 18.4. The zero-order valence-electron chi connectivity index (χ0n) is 14.3. The molecule has 0 bridgehead atoms. The van der Waals surface area contributed by atoms with Crippen molar-refractivity contribution in [2.75, 3.05) is 13.7 Å². The minimum atomic E-state index is 0.253. The fourth-order valence-electron chi connectivity index (χ4n) is 3.72. The second-order valence-corrected chi connectivity index (χ2v) is 6.46. The summed E-state index contributed by atoms with van der Waals surface area (Å²) in [7, 11) is 1.67. The van der Waals surface area contributed by atoms with E-state index < -0.39 is 0 Å². The van der Waals surface area contributed by atoms with Gasteiger partial charge in [-0.25, -0.2) is 0 Å². The number of ether oxygens (including phenoxy) is 1. The number of methoxy groups -OCH3 is 1. The monoisotopic (exact) mass is 314 g/mol. The Hall–Kier alpha value is -1.97. The summed E-state index contributed by atoms with van der Waals surface area (Å²) in [5.74, 6) is 1.08. The van der Waals surface area contributed by atoms with Gasteiger partial charge in [0.05, 0.1) is 13.5 Å². The molecule has 1 aromatic heterocycles. The summed E-state index contributed by atoms with van der Waals surface area (Å²) in [6.45, 7) is 5.13. The normalized spacial score (nSPS) is 18.4. The first kappa shape index (κ1) is 15.9. The number of carbonyl (C=O) groups is 1. The van der Waals surface area contributed by atoms with Crippen molar-refractivity contribution in [3.05, 3.63) is 29.5 Å². The molecule has 1 aliphatic heterocycles. The van der Waals surface area contributed by atoms with Crippen molar-refractivity contribution in [3.8, 4) is 5.75 Å². The van der Waals surface area contributed by atoms with Crippen LogP contribution < -0.4 is 4.74 Å². The number of hydrogen-bond acceptors (Lipinski definition) is 2. The maximum atomic E-state index is 12.9. The van der Waals surface area contributed by atoms with Gasteiger partial charge in [-0.2, -0.15) is 0 Å². The van der Waals surface area contributed by atoms with Gasteiger partial charge in [-0.1, -0.05) is 6.92 Å². The number of aromatic nitrogens is 1. The van der Waals surface area contributed by atoms with Crippen molar-refractivity contribution in [2.45, 2.75) is 52.0 Å². The van der Waals surface area contributed by atoms with Crippen LogP contribution in [0, 0.1) is 6.92 Å². The number of carbonyl (C=O) groups excluding carboxylic acids is 1. The number of benzene rings is 1. The highest BCUT2D eigenvalue weighted by molar-refractivity contribution is 5.91. The molecule has 1 atom stereocenters. The maximum absolute atomic E-state index is 12.9. The number of aryl methyl sites for hydroxylation is 1. The zero-order chi connectivity index (χ0) is 16.4. The van der Waals surface area contributed by atoms with E-state index in [0.29, 0.717) is 12.5 Å². The molecule has 3 rings (SSSR count). The highest BCUT2D eigenvalue weighted by atomic mass is 16.5. The van der Waals surface area contributed by atoms with Gasteiger partial charge in [0.25, 0.3) is 0 Å². The molecule has 4 heteroatoms. The van der Waals surface area contributed by atoms with E-state index in [-0.39, 0.29) is 5.91 Å². The van der Waals surface area contributed by atoms with Gasteiger partial charge in [0, 0.05) is 29.2 Å². The van der Waals surface area contributed by atoms with E-state index in [1.165, 1.54) is 6.42 Å². The van der Waals surface area contributed by atoms with Crippen LogP contribution in [0.15, 0.2) is 18.2 Å². The number of aromatic amines is 1. The van der Waals surface area contributed by atoms with Crippen molar-refractivity contribution < 1.29 is 9.53 Å². The number of nitrogens with zero attached hydrogens (tertiary/aromatic N) is 1. The molecular formula is C19H26N2O2. The van der Waals surface area contributed by atoms with Crippen LogP contribution in [0.1, 0.15) is 43.9 Å². The van der Waals surface area contributed by atoms with E-state index in [0.717, 1.165) is 53.7 Å². The number of hydrogen-bond donors (Lipinski definition) is 1. The second-order valence-electron chi connectivity index (χ2n) is 6.46. The fraction of sp³-hybridized carbons (Fsp3) is 0.526. The Balaban J connectivity index is 1.88. The predicted octanol–water partition coefficient (Wildman–Crippen LogP) is 3.82. The molecule has 4 nitrogen and oxygen atoms in total. The Morgan fingerprint density at radius 3 is 2.96 bits per heavy atom. The SMILES string of the molecule is CCC1CCCCN1C(=O)Cc1c(C)[nH]c2ccc(OC)cc12. The molecule has 0 radical (unpaired) electrons. The maximum Gasteiger partial charge on any atom is 0.227 e. The highest BCUT2D eigenvalue weighted by Gasteiger charge is 2.26. The van der Waals surface area contributed by atoms with Gasteiger partial charge in [0.1, 0.15) is 5.75 Å². The number of amides is 1. The van der Waals surface area contributed by atoms with Crippen molar-refractivity contribution in [1.82, 2.24) is 9.88 Å². The van der Waals surface area contributed by atoms with Gasteiger partial charge in [-0.3, -0.25) is 4.79 Å². The third kappa shape index (κ3) is 3.07. The lowest BCUT2D eigenvalue weighted by Gasteiger charge is -2.35. The Morgan fingerprint density at radius 2 is 2.22 bits per heavy atom. The first-order valence-corrected chi connectivity index (χ1v) is 8.58. The topological polar surface area (TPSA) is 45.3 Å². The lowest BCUT2D eigenvalue weighted by atomic mass is 9.98. The van der Waals surface area contributed by atoms with Gasteiger partial charge in [0.15, 0.2) is 0 Å². The number of rotatable bonds is 4. The Morgan fingerprint density at radius 1 is 1.39 bits per heavy atom. The predicted molar refractivity (Wildman–Crippen MR) is 92.9 cm³/mol. The summed E-state index contributed by atoms with van der Waals surface area (Å²) in [5.41, 5.74) is 3.24. The van der Waals surface area contributed by atoms with Crippen LogP contribution in [-0.4, -0.2) is 35.5 Å². The summed E-state index contributed by atoms with van der Waals surface area (Å²) in [6, 6.07) is 6.40. The minimum Gasteiger partial charge on any atom is -0.497 e. The fourth-order valence-corrected chi connectivity index (χ4v) is 3.72. The molecule has 1 saturated heterocycles. The van der Waals surface area contributed by atoms with Gasteiger partial charge < -0.3 is 14.6 Å². The van der Waals surface area contributed by atoms with Crippen LogP contribution in [0.2, 0.25) is 0 Å². The van der Waals surface area contributed by atoms with E-state index in [9.17, 15) is 4.79 Å². The number of piperidine rings is 1. The van der Waals surface area contributed by atoms with Crippen LogP contribution in [0.25, 0.3) is 10.9 Å². The van der Waals surface area contributed by atoms with Gasteiger partial charge in [-0.05, 0) is 56.4 Å².